The van der Waals surface area contributed by atoms with E-state index in [9.17, 15) is 8.42 Å². The SMILES string of the molecule is Cc1ccc(O[SH](=O)=O)cc1. The first-order chi connectivity index (χ1) is 5.18. The summed E-state index contributed by atoms with van der Waals surface area (Å²) in [5.41, 5.74) is 1.07. The molecule has 1 rings (SSSR count). The number of thiol groups is 1. The van der Waals surface area contributed by atoms with E-state index in [4.69, 9.17) is 0 Å². The van der Waals surface area contributed by atoms with E-state index in [1.54, 1.807) is 24.3 Å². The fourth-order valence-corrected chi connectivity index (χ4v) is 0.979. The summed E-state index contributed by atoms with van der Waals surface area (Å²) in [6.07, 6.45) is 0. The molecule has 3 nitrogen and oxygen atoms in total. The molecule has 0 saturated heterocycles. The molecule has 0 bridgehead atoms. The van der Waals surface area contributed by atoms with Crippen LogP contribution < -0.4 is 4.18 Å². The van der Waals surface area contributed by atoms with Crippen LogP contribution in [-0.2, 0) is 11.0 Å². The van der Waals surface area contributed by atoms with Crippen molar-refractivity contribution in [2.24, 2.45) is 0 Å². The van der Waals surface area contributed by atoms with Crippen molar-refractivity contribution >= 4 is 11.0 Å². The first-order valence-electron chi connectivity index (χ1n) is 3.07. The normalized spacial score (nSPS) is 10.0. The molecule has 1 aromatic carbocycles. The summed E-state index contributed by atoms with van der Waals surface area (Å²) in [5.74, 6) is 0.353. The molecule has 11 heavy (non-hydrogen) atoms. The van der Waals surface area contributed by atoms with Gasteiger partial charge in [0, 0.05) is 0 Å². The molecule has 0 aliphatic heterocycles. The van der Waals surface area contributed by atoms with E-state index in [0.717, 1.165) is 5.56 Å². The van der Waals surface area contributed by atoms with Crippen LogP contribution in [0, 0.1) is 6.92 Å². The van der Waals surface area contributed by atoms with Gasteiger partial charge in [-0.15, -0.1) is 0 Å². The molecule has 0 unspecified atom stereocenters. The van der Waals surface area contributed by atoms with Crippen LogP contribution in [0.2, 0.25) is 0 Å². The van der Waals surface area contributed by atoms with Gasteiger partial charge in [0.2, 0.25) is 0 Å². The molecule has 0 atom stereocenters. The first kappa shape index (κ1) is 8.07. The topological polar surface area (TPSA) is 43.4 Å². The second-order valence-electron chi connectivity index (χ2n) is 2.13. The summed E-state index contributed by atoms with van der Waals surface area (Å²) < 4.78 is 24.6. The molecule has 0 N–H and O–H groups in total. The molecule has 0 amide bonds. The zero-order valence-electron chi connectivity index (χ0n) is 5.98. The van der Waals surface area contributed by atoms with Crippen molar-refractivity contribution in [3.8, 4) is 5.75 Å². The number of hydrogen-bond donors (Lipinski definition) is 1. The van der Waals surface area contributed by atoms with Crippen molar-refractivity contribution in [3.63, 3.8) is 0 Å². The lowest BCUT2D eigenvalue weighted by atomic mass is 10.2. The zero-order valence-corrected chi connectivity index (χ0v) is 6.88. The van der Waals surface area contributed by atoms with Crippen molar-refractivity contribution < 1.29 is 12.6 Å². The highest BCUT2D eigenvalue weighted by Gasteiger charge is 1.91. The van der Waals surface area contributed by atoms with E-state index in [0.29, 0.717) is 5.75 Å². The maximum atomic E-state index is 10.1. The minimum absolute atomic E-state index is 0.353. The third kappa shape index (κ3) is 2.59. The summed E-state index contributed by atoms with van der Waals surface area (Å²) >= 11 is 0. The summed E-state index contributed by atoms with van der Waals surface area (Å²) in [6, 6.07) is 6.79. The molecule has 0 heterocycles. The molecule has 0 aromatic heterocycles. The van der Waals surface area contributed by atoms with Crippen LogP contribution in [0.25, 0.3) is 0 Å². The number of rotatable bonds is 2. The van der Waals surface area contributed by atoms with Crippen molar-refractivity contribution in [1.29, 1.82) is 0 Å². The van der Waals surface area contributed by atoms with Crippen LogP contribution in [0.3, 0.4) is 0 Å². The second kappa shape index (κ2) is 3.39. The van der Waals surface area contributed by atoms with Crippen molar-refractivity contribution in [3.05, 3.63) is 29.8 Å². The Morgan fingerprint density at radius 3 is 2.18 bits per heavy atom. The third-order valence-corrected chi connectivity index (χ3v) is 1.56. The Morgan fingerprint density at radius 1 is 1.18 bits per heavy atom. The molecule has 0 fully saturated rings. The molecular weight excluding hydrogens is 164 g/mol. The van der Waals surface area contributed by atoms with E-state index in [1.165, 1.54) is 0 Å². The molecule has 0 saturated carbocycles. The van der Waals surface area contributed by atoms with Gasteiger partial charge in [-0.25, -0.2) is 0 Å². The Morgan fingerprint density at radius 2 is 1.73 bits per heavy atom. The Hall–Kier alpha value is -1.03. The second-order valence-corrected chi connectivity index (χ2v) is 2.76. The highest BCUT2D eigenvalue weighted by molar-refractivity contribution is 7.67. The van der Waals surface area contributed by atoms with Crippen LogP contribution in [0.15, 0.2) is 24.3 Å². The average molecular weight is 172 g/mol. The largest absolute Gasteiger partial charge is 0.384 e. The predicted molar refractivity (Wildman–Crippen MR) is 42.1 cm³/mol. The Kier molecular flexibility index (Phi) is 2.48. The highest BCUT2D eigenvalue weighted by Crippen LogP contribution is 2.10. The first-order valence-corrected chi connectivity index (χ1v) is 4.17. The minimum atomic E-state index is -2.79. The molecule has 0 aliphatic carbocycles. The maximum absolute atomic E-state index is 10.1. The number of hydrogen-bond acceptors (Lipinski definition) is 3. The van der Waals surface area contributed by atoms with E-state index in [2.05, 4.69) is 4.18 Å². The van der Waals surface area contributed by atoms with Crippen LogP contribution in [0.4, 0.5) is 0 Å². The predicted octanol–water partition coefficient (Wildman–Crippen LogP) is 0.900. The molecule has 4 heteroatoms. The maximum Gasteiger partial charge on any atom is 0.299 e. The van der Waals surface area contributed by atoms with Crippen molar-refractivity contribution in [2.75, 3.05) is 0 Å². The molecule has 0 radical (unpaired) electrons. The minimum Gasteiger partial charge on any atom is -0.384 e. The van der Waals surface area contributed by atoms with Gasteiger partial charge in [0.1, 0.15) is 5.75 Å². The van der Waals surface area contributed by atoms with Gasteiger partial charge in [-0.2, -0.15) is 8.42 Å². The Labute approximate surface area is 66.8 Å². The lowest BCUT2D eigenvalue weighted by Gasteiger charge is -1.96. The Balaban J connectivity index is 2.82. The quantitative estimate of drug-likeness (QED) is 0.674. The standard InChI is InChI=1S/C7H8O3S/c1-6-2-4-7(5-3-6)10-11(8)9/h2-5,11H,1H3. The summed E-state index contributed by atoms with van der Waals surface area (Å²) in [4.78, 5) is 0. The van der Waals surface area contributed by atoms with Crippen LogP contribution >= 0.6 is 0 Å². The summed E-state index contributed by atoms with van der Waals surface area (Å²) in [7, 11) is -2.79. The molecular formula is C7H8O3S. The van der Waals surface area contributed by atoms with Gasteiger partial charge in [0.25, 0.3) is 11.0 Å². The molecule has 0 spiro atoms. The summed E-state index contributed by atoms with van der Waals surface area (Å²) in [5, 5.41) is 0. The van der Waals surface area contributed by atoms with Gasteiger partial charge in [0.05, 0.1) is 0 Å². The lowest BCUT2D eigenvalue weighted by molar-refractivity contribution is 0.510. The van der Waals surface area contributed by atoms with Gasteiger partial charge < -0.3 is 4.18 Å². The monoisotopic (exact) mass is 172 g/mol. The fourth-order valence-electron chi connectivity index (χ4n) is 0.685. The zero-order chi connectivity index (χ0) is 8.27. The van der Waals surface area contributed by atoms with Gasteiger partial charge in [-0.1, -0.05) is 17.7 Å². The van der Waals surface area contributed by atoms with Gasteiger partial charge >= 0.3 is 0 Å². The van der Waals surface area contributed by atoms with E-state index < -0.39 is 11.0 Å². The van der Waals surface area contributed by atoms with E-state index in [-0.39, 0.29) is 0 Å². The Bertz CT molecular complexity index is 292. The molecule has 0 aliphatic rings. The average Bonchev–Trinajstić information content (AvgIpc) is 1.93. The lowest BCUT2D eigenvalue weighted by Crippen LogP contribution is -1.88. The highest BCUT2D eigenvalue weighted by atomic mass is 32.2. The van der Waals surface area contributed by atoms with Gasteiger partial charge in [-0.3, -0.25) is 0 Å². The fraction of sp³-hybridized carbons (Fsp3) is 0.143. The molecule has 60 valence electrons. The van der Waals surface area contributed by atoms with Crippen molar-refractivity contribution in [1.82, 2.24) is 0 Å². The van der Waals surface area contributed by atoms with Crippen LogP contribution in [-0.4, -0.2) is 8.42 Å². The summed E-state index contributed by atoms with van der Waals surface area (Å²) in [6.45, 7) is 1.92. The number of benzene rings is 1. The van der Waals surface area contributed by atoms with Crippen LogP contribution in [0.5, 0.6) is 5.75 Å². The van der Waals surface area contributed by atoms with Gasteiger partial charge in [0.15, 0.2) is 0 Å². The van der Waals surface area contributed by atoms with E-state index in [1.807, 2.05) is 6.92 Å². The third-order valence-electron chi connectivity index (χ3n) is 1.20. The smallest absolute Gasteiger partial charge is 0.299 e. The van der Waals surface area contributed by atoms with E-state index >= 15 is 0 Å². The van der Waals surface area contributed by atoms with Gasteiger partial charge in [-0.05, 0) is 19.1 Å². The molecule has 1 aromatic rings. The van der Waals surface area contributed by atoms with Crippen LogP contribution in [0.1, 0.15) is 5.56 Å². The number of aryl methyl sites for hydroxylation is 1. The van der Waals surface area contributed by atoms with Crippen molar-refractivity contribution in [2.45, 2.75) is 6.92 Å².